The maximum Gasteiger partial charge on any atom is 0.212 e. The van der Waals surface area contributed by atoms with Gasteiger partial charge in [-0.25, -0.2) is 0 Å². The molecule has 0 saturated heterocycles. The number of aromatic hydroxyl groups is 2. The Morgan fingerprint density at radius 1 is 0.509 bits per heavy atom. The van der Waals surface area contributed by atoms with Crippen molar-refractivity contribution in [2.45, 2.75) is 98.2 Å². The Balaban J connectivity index is 1.64. The molecule has 10 nitrogen and oxygen atoms in total. The molecule has 3 aromatic rings. The van der Waals surface area contributed by atoms with Crippen LogP contribution in [0, 0.1) is 17.8 Å². The third kappa shape index (κ3) is 7.92. The number of nitrogens with zero attached hydrogens (tertiary/aromatic N) is 3. The topological polar surface area (TPSA) is 96.3 Å². The molecule has 10 heteroatoms. The van der Waals surface area contributed by atoms with Gasteiger partial charge >= 0.3 is 0 Å². The standard InChI is InChI=1S/C45H65N3O7/c1-25(2)19-31-37-28(13-16-46(31)7)23-35(52-11)42(41(37)50)54-45-39-30(15-18-48(9)33(39)21-27(5)6)24-36(53-12)43(45)55-44-38-29(22-34(51-10)40(44)49)14-17-47(8)32(38)20-26(3)4/h22-27,31-33,49-50H,13-21H2,1-12H3. The number of benzene rings is 3. The van der Waals surface area contributed by atoms with Crippen LogP contribution in [0.15, 0.2) is 18.2 Å². The van der Waals surface area contributed by atoms with Crippen molar-refractivity contribution in [2.24, 2.45) is 17.8 Å². The summed E-state index contributed by atoms with van der Waals surface area (Å²) in [7, 11) is 11.2. The number of hydrogen-bond acceptors (Lipinski definition) is 10. The number of fused-ring (bicyclic) bond motifs is 3. The Kier molecular flexibility index (Phi) is 12.4. The van der Waals surface area contributed by atoms with Crippen LogP contribution in [0.3, 0.4) is 0 Å². The van der Waals surface area contributed by atoms with Gasteiger partial charge in [0.15, 0.2) is 34.5 Å². The smallest absolute Gasteiger partial charge is 0.212 e. The number of likely N-dealkylation sites (N-methyl/N-ethyl adjacent to an activating group) is 3. The average Bonchev–Trinajstić information content (AvgIpc) is 3.13. The summed E-state index contributed by atoms with van der Waals surface area (Å²) in [5, 5.41) is 24.4. The second-order valence-corrected chi connectivity index (χ2v) is 17.3. The fraction of sp³-hybridized carbons (Fsp3) is 0.600. The molecule has 3 unspecified atom stereocenters. The molecule has 0 saturated carbocycles. The molecular formula is C45H65N3O7. The van der Waals surface area contributed by atoms with Crippen molar-refractivity contribution in [3.8, 4) is 51.7 Å². The number of phenols is 2. The van der Waals surface area contributed by atoms with Crippen LogP contribution >= 0.6 is 0 Å². The van der Waals surface area contributed by atoms with Gasteiger partial charge in [-0.05, 0) is 112 Å². The first-order chi connectivity index (χ1) is 26.2. The highest BCUT2D eigenvalue weighted by molar-refractivity contribution is 5.69. The average molecular weight is 760 g/mol. The van der Waals surface area contributed by atoms with Gasteiger partial charge in [0.1, 0.15) is 0 Å². The molecule has 3 aliphatic heterocycles. The quantitative estimate of drug-likeness (QED) is 0.176. The summed E-state index contributed by atoms with van der Waals surface area (Å²) in [5.74, 6) is 3.88. The van der Waals surface area contributed by atoms with Gasteiger partial charge in [-0.15, -0.1) is 0 Å². The van der Waals surface area contributed by atoms with Crippen molar-refractivity contribution in [2.75, 3.05) is 62.1 Å². The van der Waals surface area contributed by atoms with Crippen LogP contribution in [0.5, 0.6) is 51.7 Å². The monoisotopic (exact) mass is 759 g/mol. The van der Waals surface area contributed by atoms with Crippen molar-refractivity contribution in [1.29, 1.82) is 0 Å². The van der Waals surface area contributed by atoms with Gasteiger partial charge in [-0.3, -0.25) is 14.7 Å². The molecular weight excluding hydrogens is 695 g/mol. The molecule has 55 heavy (non-hydrogen) atoms. The van der Waals surface area contributed by atoms with Crippen LogP contribution in [0.2, 0.25) is 0 Å². The predicted octanol–water partition coefficient (Wildman–Crippen LogP) is 9.43. The van der Waals surface area contributed by atoms with E-state index in [4.69, 9.17) is 23.7 Å². The first-order valence-electron chi connectivity index (χ1n) is 20.2. The number of hydrogen-bond donors (Lipinski definition) is 2. The van der Waals surface area contributed by atoms with Crippen molar-refractivity contribution in [3.63, 3.8) is 0 Å². The molecule has 0 bridgehead atoms. The minimum atomic E-state index is -0.0688. The molecule has 3 aromatic carbocycles. The van der Waals surface area contributed by atoms with E-state index in [1.807, 2.05) is 12.1 Å². The number of phenolic OH excluding ortho intramolecular Hbond substituents is 2. The second-order valence-electron chi connectivity index (χ2n) is 17.3. The lowest BCUT2D eigenvalue weighted by atomic mass is 9.85. The molecule has 302 valence electrons. The minimum Gasteiger partial charge on any atom is -0.504 e. The van der Waals surface area contributed by atoms with Crippen molar-refractivity contribution >= 4 is 0 Å². The third-order valence-corrected chi connectivity index (χ3v) is 12.0. The normalized spacial score (nSPS) is 20.4. The molecule has 3 heterocycles. The van der Waals surface area contributed by atoms with E-state index in [2.05, 4.69) is 83.5 Å². The van der Waals surface area contributed by atoms with Crippen LogP contribution in [0.25, 0.3) is 0 Å². The van der Waals surface area contributed by atoms with Crippen LogP contribution in [0.4, 0.5) is 0 Å². The molecule has 0 aliphatic carbocycles. The van der Waals surface area contributed by atoms with Gasteiger partial charge in [-0.1, -0.05) is 41.5 Å². The molecule has 0 spiro atoms. The Labute approximate surface area is 329 Å². The van der Waals surface area contributed by atoms with Gasteiger partial charge in [0, 0.05) is 54.5 Å². The van der Waals surface area contributed by atoms with Gasteiger partial charge in [0.2, 0.25) is 17.2 Å². The summed E-state index contributed by atoms with van der Waals surface area (Å²) >= 11 is 0. The number of ether oxygens (including phenoxy) is 5. The lowest BCUT2D eigenvalue weighted by Crippen LogP contribution is -2.34. The predicted molar refractivity (Wildman–Crippen MR) is 218 cm³/mol. The number of rotatable bonds is 13. The lowest BCUT2D eigenvalue weighted by molar-refractivity contribution is 0.191. The summed E-state index contributed by atoms with van der Waals surface area (Å²) in [6, 6.07) is 6.06. The van der Waals surface area contributed by atoms with Gasteiger partial charge in [0.25, 0.3) is 0 Å². The Bertz CT molecular complexity index is 1860. The Hall–Kier alpha value is -3.86. The molecule has 3 aliphatic rings. The van der Waals surface area contributed by atoms with E-state index < -0.39 is 0 Å². The highest BCUT2D eigenvalue weighted by Gasteiger charge is 2.39. The van der Waals surface area contributed by atoms with Crippen LogP contribution in [-0.4, -0.2) is 87.0 Å². The summed E-state index contributed by atoms with van der Waals surface area (Å²) in [5.41, 5.74) is 6.06. The zero-order valence-electron chi connectivity index (χ0n) is 35.3. The largest absolute Gasteiger partial charge is 0.504 e. The van der Waals surface area contributed by atoms with Gasteiger partial charge < -0.3 is 33.9 Å². The lowest BCUT2D eigenvalue weighted by Gasteiger charge is -2.39. The highest BCUT2D eigenvalue weighted by Crippen LogP contribution is 2.58. The molecule has 0 amide bonds. The molecule has 2 N–H and O–H groups in total. The van der Waals surface area contributed by atoms with E-state index in [1.165, 1.54) is 0 Å². The SMILES string of the molecule is COc1cc2c(c(Oc3c(OC)cc4c(c3Oc3c(OC)cc5c(c3O)C(CC(C)C)N(C)CC5)C(CC(C)C)N(C)CC4)c1O)C(CC(C)C)N(C)CC2. The van der Waals surface area contributed by atoms with E-state index in [-0.39, 0.29) is 35.4 Å². The molecule has 3 atom stereocenters. The summed E-state index contributed by atoms with van der Waals surface area (Å²) in [6.07, 6.45) is 5.00. The van der Waals surface area contributed by atoms with Crippen molar-refractivity contribution in [1.82, 2.24) is 14.7 Å². The van der Waals surface area contributed by atoms with Gasteiger partial charge in [0.05, 0.1) is 21.3 Å². The summed E-state index contributed by atoms with van der Waals surface area (Å²) in [4.78, 5) is 7.05. The molecule has 0 fully saturated rings. The van der Waals surface area contributed by atoms with E-state index >= 15 is 0 Å². The fourth-order valence-electron chi connectivity index (χ4n) is 9.10. The second kappa shape index (κ2) is 16.7. The van der Waals surface area contributed by atoms with E-state index in [9.17, 15) is 10.2 Å². The first-order valence-corrected chi connectivity index (χ1v) is 20.2. The molecule has 6 rings (SSSR count). The van der Waals surface area contributed by atoms with E-state index in [0.717, 1.165) is 91.5 Å². The fourth-order valence-corrected chi connectivity index (χ4v) is 9.10. The Morgan fingerprint density at radius 3 is 1.31 bits per heavy atom. The maximum absolute atomic E-state index is 12.4. The highest BCUT2D eigenvalue weighted by atomic mass is 16.6. The van der Waals surface area contributed by atoms with E-state index in [1.54, 1.807) is 21.3 Å². The third-order valence-electron chi connectivity index (χ3n) is 12.0. The summed E-state index contributed by atoms with van der Waals surface area (Å²) in [6.45, 7) is 16.0. The minimum absolute atomic E-state index is 0.00281. The zero-order valence-corrected chi connectivity index (χ0v) is 35.3. The van der Waals surface area contributed by atoms with Gasteiger partial charge in [-0.2, -0.15) is 0 Å². The van der Waals surface area contributed by atoms with Crippen LogP contribution < -0.4 is 23.7 Å². The number of methoxy groups -OCH3 is 3. The van der Waals surface area contributed by atoms with Crippen molar-refractivity contribution in [3.05, 3.63) is 51.6 Å². The molecule has 0 radical (unpaired) electrons. The maximum atomic E-state index is 12.4. The van der Waals surface area contributed by atoms with Crippen LogP contribution in [-0.2, 0) is 19.3 Å². The molecule has 0 aromatic heterocycles. The van der Waals surface area contributed by atoms with Crippen molar-refractivity contribution < 1.29 is 33.9 Å². The summed E-state index contributed by atoms with van der Waals surface area (Å²) < 4.78 is 32.3. The zero-order chi connectivity index (χ0) is 39.9. The first kappa shape index (κ1) is 40.8. The van der Waals surface area contributed by atoms with Crippen LogP contribution in [0.1, 0.15) is 112 Å². The Morgan fingerprint density at radius 2 is 0.873 bits per heavy atom. The van der Waals surface area contributed by atoms with E-state index in [0.29, 0.717) is 52.3 Å².